The van der Waals surface area contributed by atoms with Crippen LogP contribution < -0.4 is 5.32 Å². The van der Waals surface area contributed by atoms with Crippen molar-refractivity contribution in [3.8, 4) is 0 Å². The fourth-order valence-corrected chi connectivity index (χ4v) is 3.21. The summed E-state index contributed by atoms with van der Waals surface area (Å²) in [6, 6.07) is 2.35. The van der Waals surface area contributed by atoms with Crippen LogP contribution in [0, 0.1) is 12.8 Å². The van der Waals surface area contributed by atoms with E-state index in [0.29, 0.717) is 18.8 Å². The van der Waals surface area contributed by atoms with E-state index in [1.54, 1.807) is 0 Å². The molecule has 1 atom stereocenters. The van der Waals surface area contributed by atoms with Gasteiger partial charge in [-0.1, -0.05) is 6.92 Å². The molecule has 1 N–H and O–H groups in total. The predicted octanol–water partition coefficient (Wildman–Crippen LogP) is 3.07. The SMILES string of the molecule is CCNC(Cc1cc(C)nn1C)C1CCC(F)(F)CC1. The van der Waals surface area contributed by atoms with Crippen molar-refractivity contribution in [2.24, 2.45) is 13.0 Å². The van der Waals surface area contributed by atoms with Crippen LogP contribution in [0.15, 0.2) is 6.07 Å². The fraction of sp³-hybridized carbons (Fsp3) is 0.800. The highest BCUT2D eigenvalue weighted by Gasteiger charge is 2.37. The van der Waals surface area contributed by atoms with Crippen LogP contribution in [0.4, 0.5) is 8.78 Å². The lowest BCUT2D eigenvalue weighted by atomic mass is 9.80. The molecule has 0 radical (unpaired) electrons. The number of nitrogens with one attached hydrogen (secondary N) is 1. The normalized spacial score (nSPS) is 21.1. The van der Waals surface area contributed by atoms with Crippen LogP contribution in [0.3, 0.4) is 0 Å². The minimum atomic E-state index is -2.45. The molecule has 1 aromatic rings. The first-order chi connectivity index (χ1) is 9.41. The van der Waals surface area contributed by atoms with E-state index in [2.05, 4.69) is 23.4 Å². The van der Waals surface area contributed by atoms with E-state index in [9.17, 15) is 8.78 Å². The number of likely N-dealkylation sites (N-methyl/N-ethyl adjacent to an activating group) is 1. The summed E-state index contributed by atoms with van der Waals surface area (Å²) in [6.45, 7) is 4.92. The first-order valence-electron chi connectivity index (χ1n) is 7.52. The van der Waals surface area contributed by atoms with Crippen molar-refractivity contribution in [3.05, 3.63) is 17.5 Å². The lowest BCUT2D eigenvalue weighted by Gasteiger charge is -2.34. The molecule has 0 saturated heterocycles. The minimum Gasteiger partial charge on any atom is -0.314 e. The first kappa shape index (κ1) is 15.4. The number of halogens is 2. The molecule has 1 aliphatic rings. The molecule has 20 heavy (non-hydrogen) atoms. The van der Waals surface area contributed by atoms with E-state index in [0.717, 1.165) is 18.7 Å². The van der Waals surface area contributed by atoms with Crippen LogP contribution in [0.2, 0.25) is 0 Å². The summed E-state index contributed by atoms with van der Waals surface area (Å²) < 4.78 is 28.5. The molecule has 1 fully saturated rings. The van der Waals surface area contributed by atoms with Gasteiger partial charge in [0.2, 0.25) is 5.92 Å². The van der Waals surface area contributed by atoms with Crippen molar-refractivity contribution < 1.29 is 8.78 Å². The van der Waals surface area contributed by atoms with Crippen molar-refractivity contribution in [1.29, 1.82) is 0 Å². The monoisotopic (exact) mass is 285 g/mol. The zero-order chi connectivity index (χ0) is 14.8. The van der Waals surface area contributed by atoms with Gasteiger partial charge in [0.15, 0.2) is 0 Å². The van der Waals surface area contributed by atoms with Crippen LogP contribution in [0.1, 0.15) is 44.0 Å². The van der Waals surface area contributed by atoms with E-state index >= 15 is 0 Å². The van der Waals surface area contributed by atoms with E-state index in [1.165, 1.54) is 5.69 Å². The van der Waals surface area contributed by atoms with E-state index in [1.807, 2.05) is 18.7 Å². The molecule has 0 bridgehead atoms. The Hall–Kier alpha value is -0.970. The first-order valence-corrected chi connectivity index (χ1v) is 7.52. The van der Waals surface area contributed by atoms with Crippen molar-refractivity contribution in [3.63, 3.8) is 0 Å². The van der Waals surface area contributed by atoms with Crippen molar-refractivity contribution in [1.82, 2.24) is 15.1 Å². The zero-order valence-corrected chi connectivity index (χ0v) is 12.6. The molecule has 1 saturated carbocycles. The Morgan fingerprint density at radius 2 is 2.10 bits per heavy atom. The van der Waals surface area contributed by atoms with Gasteiger partial charge in [-0.25, -0.2) is 8.78 Å². The molecule has 0 spiro atoms. The van der Waals surface area contributed by atoms with Crippen LogP contribution >= 0.6 is 0 Å². The van der Waals surface area contributed by atoms with Gasteiger partial charge in [-0.15, -0.1) is 0 Å². The molecular weight excluding hydrogens is 260 g/mol. The molecule has 2 rings (SSSR count). The summed E-state index contributed by atoms with van der Waals surface area (Å²) in [4.78, 5) is 0. The second-order valence-electron chi connectivity index (χ2n) is 5.96. The third-order valence-corrected chi connectivity index (χ3v) is 4.33. The van der Waals surface area contributed by atoms with Gasteiger partial charge in [0, 0.05) is 38.0 Å². The maximum Gasteiger partial charge on any atom is 0.248 e. The molecule has 1 aliphatic carbocycles. The zero-order valence-electron chi connectivity index (χ0n) is 12.6. The Morgan fingerprint density at radius 3 is 2.60 bits per heavy atom. The third kappa shape index (κ3) is 3.78. The van der Waals surface area contributed by atoms with Gasteiger partial charge >= 0.3 is 0 Å². The molecule has 5 heteroatoms. The molecular formula is C15H25F2N3. The highest BCUT2D eigenvalue weighted by molar-refractivity contribution is 5.10. The van der Waals surface area contributed by atoms with Crippen molar-refractivity contribution >= 4 is 0 Å². The predicted molar refractivity (Wildman–Crippen MR) is 76.0 cm³/mol. The second kappa shape index (κ2) is 6.20. The summed E-state index contributed by atoms with van der Waals surface area (Å²) in [5, 5.41) is 7.84. The standard InChI is InChI=1S/C15H25F2N3/c1-4-18-14(10-13-9-11(2)19-20(13)3)12-5-7-15(16,17)8-6-12/h9,12,14,18H,4-8,10H2,1-3H3. The van der Waals surface area contributed by atoms with Crippen LogP contribution in [0.25, 0.3) is 0 Å². The van der Waals surface area contributed by atoms with Gasteiger partial charge < -0.3 is 5.32 Å². The fourth-order valence-electron chi connectivity index (χ4n) is 3.21. The lowest BCUT2D eigenvalue weighted by molar-refractivity contribution is -0.0495. The third-order valence-electron chi connectivity index (χ3n) is 4.33. The lowest BCUT2D eigenvalue weighted by Crippen LogP contribution is -2.41. The number of aryl methyl sites for hydroxylation is 2. The van der Waals surface area contributed by atoms with Gasteiger partial charge in [-0.3, -0.25) is 4.68 Å². The number of hydrogen-bond donors (Lipinski definition) is 1. The number of rotatable bonds is 5. The molecule has 0 aliphatic heterocycles. The van der Waals surface area contributed by atoms with Gasteiger partial charge in [-0.2, -0.15) is 5.10 Å². The second-order valence-corrected chi connectivity index (χ2v) is 5.96. The van der Waals surface area contributed by atoms with Crippen LogP contribution in [0.5, 0.6) is 0 Å². The molecule has 114 valence electrons. The number of nitrogens with zero attached hydrogens (tertiary/aromatic N) is 2. The molecule has 1 unspecified atom stereocenters. The van der Waals surface area contributed by atoms with E-state index in [4.69, 9.17) is 0 Å². The highest BCUT2D eigenvalue weighted by Crippen LogP contribution is 2.38. The van der Waals surface area contributed by atoms with Crippen LogP contribution in [-0.4, -0.2) is 28.3 Å². The average Bonchev–Trinajstić information content (AvgIpc) is 2.67. The number of hydrogen-bond acceptors (Lipinski definition) is 2. The van der Waals surface area contributed by atoms with Gasteiger partial charge in [0.05, 0.1) is 5.69 Å². The summed E-state index contributed by atoms with van der Waals surface area (Å²) >= 11 is 0. The maximum atomic E-state index is 13.3. The quantitative estimate of drug-likeness (QED) is 0.901. The Balaban J connectivity index is 2.02. The topological polar surface area (TPSA) is 29.9 Å². The molecule has 1 heterocycles. The average molecular weight is 285 g/mol. The highest BCUT2D eigenvalue weighted by atomic mass is 19.3. The van der Waals surface area contributed by atoms with Crippen LogP contribution in [-0.2, 0) is 13.5 Å². The van der Waals surface area contributed by atoms with E-state index < -0.39 is 5.92 Å². The van der Waals surface area contributed by atoms with E-state index in [-0.39, 0.29) is 18.9 Å². The molecule has 0 aromatic carbocycles. The summed E-state index contributed by atoms with van der Waals surface area (Å²) in [5.41, 5.74) is 2.18. The maximum absolute atomic E-state index is 13.3. The number of aromatic nitrogens is 2. The molecule has 0 amide bonds. The van der Waals surface area contributed by atoms with Crippen molar-refractivity contribution in [2.75, 3.05) is 6.54 Å². The molecule has 3 nitrogen and oxygen atoms in total. The Kier molecular flexibility index (Phi) is 4.78. The number of alkyl halides is 2. The van der Waals surface area contributed by atoms with Gasteiger partial charge in [0.1, 0.15) is 0 Å². The Bertz CT molecular complexity index is 432. The summed E-state index contributed by atoms with van der Waals surface area (Å²) in [7, 11) is 1.94. The van der Waals surface area contributed by atoms with Gasteiger partial charge in [-0.05, 0) is 38.3 Å². The minimum absolute atomic E-state index is 0.0317. The molecule has 1 aromatic heterocycles. The largest absolute Gasteiger partial charge is 0.314 e. The smallest absolute Gasteiger partial charge is 0.248 e. The Morgan fingerprint density at radius 1 is 1.45 bits per heavy atom. The Labute approximate surface area is 119 Å². The summed E-state index contributed by atoms with van der Waals surface area (Å²) in [5.74, 6) is -2.11. The summed E-state index contributed by atoms with van der Waals surface area (Å²) in [6.07, 6.45) is 2.15. The van der Waals surface area contributed by atoms with Gasteiger partial charge in [0.25, 0.3) is 0 Å². The van der Waals surface area contributed by atoms with Crippen molar-refractivity contribution in [2.45, 2.75) is 57.9 Å².